The number of pyridine rings is 1. The number of carboxylic acids is 1. The number of aromatic carboxylic acids is 1. The second-order valence-corrected chi connectivity index (χ2v) is 8.09. The Kier molecular flexibility index (Phi) is 7.25. The van der Waals surface area contributed by atoms with Crippen molar-refractivity contribution >= 4 is 29.3 Å². The van der Waals surface area contributed by atoms with Crippen LogP contribution in [-0.2, 0) is 17.6 Å². The van der Waals surface area contributed by atoms with Crippen LogP contribution in [0.15, 0.2) is 35.4 Å². The van der Waals surface area contributed by atoms with Crippen LogP contribution < -0.4 is 5.32 Å². The standard InChI is InChI=1S/C22H23N3O3S/c23-14-17-13-16-5-3-1-2-4-6-19(16)25-21(17)29-12-11-20(26)24-18-9-7-15(8-10-18)22(27)28/h7-10,13H,1-6,11-12H2,(H,24,26)(H,27,28). The molecule has 0 saturated carbocycles. The molecule has 150 valence electrons. The van der Waals surface area contributed by atoms with Gasteiger partial charge in [-0.3, -0.25) is 4.79 Å². The third-order valence-electron chi connectivity index (χ3n) is 4.87. The van der Waals surface area contributed by atoms with Gasteiger partial charge >= 0.3 is 5.97 Å². The number of nitrogens with one attached hydrogen (secondary N) is 1. The Morgan fingerprint density at radius 2 is 1.86 bits per heavy atom. The first-order valence-electron chi connectivity index (χ1n) is 9.75. The Morgan fingerprint density at radius 1 is 1.14 bits per heavy atom. The fraction of sp³-hybridized carbons (Fsp3) is 0.364. The number of anilines is 1. The number of fused-ring (bicyclic) bond motifs is 1. The maximum absolute atomic E-state index is 12.2. The van der Waals surface area contributed by atoms with E-state index in [4.69, 9.17) is 10.1 Å². The third-order valence-corrected chi connectivity index (χ3v) is 5.86. The van der Waals surface area contributed by atoms with Gasteiger partial charge in [0.1, 0.15) is 11.1 Å². The first kappa shape index (κ1) is 20.9. The van der Waals surface area contributed by atoms with E-state index < -0.39 is 5.97 Å². The average Bonchev–Trinajstić information content (AvgIpc) is 2.69. The van der Waals surface area contributed by atoms with Crippen molar-refractivity contribution in [2.75, 3.05) is 11.1 Å². The van der Waals surface area contributed by atoms with E-state index in [1.807, 2.05) is 6.07 Å². The van der Waals surface area contributed by atoms with E-state index >= 15 is 0 Å². The van der Waals surface area contributed by atoms with Crippen molar-refractivity contribution in [1.82, 2.24) is 4.98 Å². The molecular weight excluding hydrogens is 386 g/mol. The van der Waals surface area contributed by atoms with Gasteiger partial charge in [0.15, 0.2) is 0 Å². The first-order chi connectivity index (χ1) is 14.1. The van der Waals surface area contributed by atoms with Gasteiger partial charge < -0.3 is 10.4 Å². The van der Waals surface area contributed by atoms with E-state index in [9.17, 15) is 14.9 Å². The molecule has 6 nitrogen and oxygen atoms in total. The molecule has 0 radical (unpaired) electrons. The summed E-state index contributed by atoms with van der Waals surface area (Å²) in [5.41, 5.74) is 3.59. The summed E-state index contributed by atoms with van der Waals surface area (Å²) in [6, 6.07) is 10.3. The van der Waals surface area contributed by atoms with Crippen LogP contribution in [0.4, 0.5) is 5.69 Å². The normalized spacial score (nSPS) is 13.5. The molecule has 1 aromatic carbocycles. The van der Waals surface area contributed by atoms with Crippen molar-refractivity contribution in [3.8, 4) is 6.07 Å². The van der Waals surface area contributed by atoms with Crippen LogP contribution in [0, 0.1) is 11.3 Å². The zero-order valence-corrected chi connectivity index (χ0v) is 16.9. The van der Waals surface area contributed by atoms with Gasteiger partial charge in [0, 0.05) is 23.6 Å². The van der Waals surface area contributed by atoms with E-state index in [0.29, 0.717) is 22.0 Å². The molecule has 2 N–H and O–H groups in total. The summed E-state index contributed by atoms with van der Waals surface area (Å²) < 4.78 is 0. The van der Waals surface area contributed by atoms with Crippen molar-refractivity contribution in [3.63, 3.8) is 0 Å². The van der Waals surface area contributed by atoms with Crippen molar-refractivity contribution in [2.24, 2.45) is 0 Å². The topological polar surface area (TPSA) is 103 Å². The maximum Gasteiger partial charge on any atom is 0.335 e. The second kappa shape index (κ2) is 10.1. The van der Waals surface area contributed by atoms with E-state index in [2.05, 4.69) is 11.4 Å². The van der Waals surface area contributed by atoms with Crippen molar-refractivity contribution < 1.29 is 14.7 Å². The minimum atomic E-state index is -1.00. The molecule has 0 bridgehead atoms. The van der Waals surface area contributed by atoms with Crippen LogP contribution in [0.25, 0.3) is 0 Å². The highest BCUT2D eigenvalue weighted by atomic mass is 32.2. The van der Waals surface area contributed by atoms with Gasteiger partial charge in [-0.15, -0.1) is 11.8 Å². The van der Waals surface area contributed by atoms with E-state index in [0.717, 1.165) is 31.4 Å². The number of benzene rings is 1. The fourth-order valence-electron chi connectivity index (χ4n) is 3.32. The molecule has 1 aliphatic rings. The van der Waals surface area contributed by atoms with Crippen molar-refractivity contribution in [3.05, 3.63) is 52.7 Å². The molecule has 7 heteroatoms. The summed E-state index contributed by atoms with van der Waals surface area (Å²) in [5, 5.41) is 21.9. The Bertz CT molecular complexity index is 936. The number of carboxylic acid groups (broad SMARTS) is 1. The lowest BCUT2D eigenvalue weighted by molar-refractivity contribution is -0.115. The molecular formula is C22H23N3O3S. The zero-order valence-electron chi connectivity index (χ0n) is 16.1. The van der Waals surface area contributed by atoms with E-state index in [-0.39, 0.29) is 17.9 Å². The highest BCUT2D eigenvalue weighted by Gasteiger charge is 2.14. The van der Waals surface area contributed by atoms with E-state index in [1.165, 1.54) is 42.3 Å². The molecule has 29 heavy (non-hydrogen) atoms. The number of nitriles is 1. The summed E-state index contributed by atoms with van der Waals surface area (Å²) >= 11 is 1.43. The summed E-state index contributed by atoms with van der Waals surface area (Å²) in [6.45, 7) is 0. The van der Waals surface area contributed by atoms with Crippen LogP contribution in [0.1, 0.15) is 59.3 Å². The molecule has 0 saturated heterocycles. The molecule has 1 aromatic heterocycles. The van der Waals surface area contributed by atoms with Gasteiger partial charge in [0.05, 0.1) is 11.1 Å². The minimum absolute atomic E-state index is 0.162. The fourth-order valence-corrected chi connectivity index (χ4v) is 4.23. The number of nitrogens with zero attached hydrogens (tertiary/aromatic N) is 2. The molecule has 0 spiro atoms. The van der Waals surface area contributed by atoms with Crippen molar-refractivity contribution in [2.45, 2.75) is 50.0 Å². The molecule has 3 rings (SSSR count). The number of carbonyl (C=O) groups is 2. The number of hydrogen-bond acceptors (Lipinski definition) is 5. The van der Waals surface area contributed by atoms with Crippen LogP contribution in [0.2, 0.25) is 0 Å². The molecule has 1 aliphatic carbocycles. The van der Waals surface area contributed by atoms with Crippen LogP contribution in [-0.4, -0.2) is 27.7 Å². The third kappa shape index (κ3) is 5.81. The SMILES string of the molecule is N#Cc1cc2c(nc1SCCC(=O)Nc1ccc(C(=O)O)cc1)CCCCCC2. The van der Waals surface area contributed by atoms with Gasteiger partial charge in [-0.2, -0.15) is 5.26 Å². The predicted molar refractivity (Wildman–Crippen MR) is 112 cm³/mol. The number of rotatable bonds is 6. The Labute approximate surface area is 174 Å². The highest BCUT2D eigenvalue weighted by Crippen LogP contribution is 2.27. The molecule has 1 amide bonds. The molecule has 0 unspecified atom stereocenters. The Morgan fingerprint density at radius 3 is 2.55 bits per heavy atom. The Balaban J connectivity index is 1.58. The molecule has 0 fully saturated rings. The molecule has 0 aliphatic heterocycles. The molecule has 1 heterocycles. The summed E-state index contributed by atoms with van der Waals surface area (Å²) in [7, 11) is 0. The second-order valence-electron chi connectivity index (χ2n) is 7.00. The van der Waals surface area contributed by atoms with Gasteiger partial charge in [-0.25, -0.2) is 9.78 Å². The smallest absolute Gasteiger partial charge is 0.335 e. The number of aromatic nitrogens is 1. The first-order valence-corrected chi connectivity index (χ1v) is 10.7. The average molecular weight is 410 g/mol. The van der Waals surface area contributed by atoms with Gasteiger partial charge in [0.25, 0.3) is 0 Å². The largest absolute Gasteiger partial charge is 0.478 e. The van der Waals surface area contributed by atoms with Crippen LogP contribution in [0.3, 0.4) is 0 Å². The number of aryl methyl sites for hydroxylation is 2. The van der Waals surface area contributed by atoms with Crippen LogP contribution >= 0.6 is 11.8 Å². The number of carbonyl (C=O) groups excluding carboxylic acids is 1. The zero-order chi connectivity index (χ0) is 20.6. The maximum atomic E-state index is 12.2. The minimum Gasteiger partial charge on any atom is -0.478 e. The van der Waals surface area contributed by atoms with Crippen molar-refractivity contribution in [1.29, 1.82) is 5.26 Å². The predicted octanol–water partition coefficient (Wildman–Crippen LogP) is 4.43. The lowest BCUT2D eigenvalue weighted by Gasteiger charge is -2.15. The number of hydrogen-bond donors (Lipinski definition) is 2. The van der Waals surface area contributed by atoms with Gasteiger partial charge in [-0.1, -0.05) is 12.8 Å². The quantitative estimate of drug-likeness (QED) is 0.684. The summed E-state index contributed by atoms with van der Waals surface area (Å²) in [4.78, 5) is 27.8. The monoisotopic (exact) mass is 409 g/mol. The summed E-state index contributed by atoms with van der Waals surface area (Å²) in [6.07, 6.45) is 6.91. The molecule has 2 aromatic rings. The summed E-state index contributed by atoms with van der Waals surface area (Å²) in [5.74, 6) is -0.652. The lowest BCUT2D eigenvalue weighted by atomic mass is 9.96. The lowest BCUT2D eigenvalue weighted by Crippen LogP contribution is -2.12. The number of thioether (sulfide) groups is 1. The van der Waals surface area contributed by atoms with Crippen LogP contribution in [0.5, 0.6) is 0 Å². The highest BCUT2D eigenvalue weighted by molar-refractivity contribution is 7.99. The number of amides is 1. The Hall–Kier alpha value is -2.85. The van der Waals surface area contributed by atoms with Gasteiger partial charge in [-0.05, 0) is 61.6 Å². The van der Waals surface area contributed by atoms with E-state index in [1.54, 1.807) is 12.1 Å². The molecule has 0 atom stereocenters. The van der Waals surface area contributed by atoms with Gasteiger partial charge in [0.2, 0.25) is 5.91 Å².